The maximum absolute atomic E-state index is 10.2. The molecule has 0 fully saturated rings. The number of aliphatic carboxylic acids is 3. The van der Waals surface area contributed by atoms with Gasteiger partial charge in [0, 0.05) is 17.9 Å². The molecular formula is C54H105BiO6. The van der Waals surface area contributed by atoms with Crippen LogP contribution in [0, 0.1) is 17.8 Å². The molecule has 6 nitrogen and oxygen atoms in total. The average molecular weight is 1060 g/mol. The molecule has 7 heteroatoms. The van der Waals surface area contributed by atoms with Gasteiger partial charge in [-0.15, -0.1) is 0 Å². The first-order valence-electron chi connectivity index (χ1n) is 26.5. The van der Waals surface area contributed by atoms with Crippen LogP contribution in [0.3, 0.4) is 0 Å². The van der Waals surface area contributed by atoms with Crippen molar-refractivity contribution in [3.05, 3.63) is 0 Å². The first kappa shape index (κ1) is 66.9. The number of carbonyl (C=O) groups excluding carboxylic acids is 3. The molecule has 0 saturated carbocycles. The molecule has 0 unspecified atom stereocenters. The quantitative estimate of drug-likeness (QED) is 0.0442. The van der Waals surface area contributed by atoms with Crippen LogP contribution in [0.5, 0.6) is 0 Å². The van der Waals surface area contributed by atoms with Crippen LogP contribution < -0.4 is 15.3 Å². The summed E-state index contributed by atoms with van der Waals surface area (Å²) in [6, 6.07) is 0. The van der Waals surface area contributed by atoms with Gasteiger partial charge in [-0.2, -0.15) is 0 Å². The Hall–Kier alpha value is -0.707. The van der Waals surface area contributed by atoms with Crippen molar-refractivity contribution in [1.82, 2.24) is 0 Å². The molecule has 0 aromatic rings. The van der Waals surface area contributed by atoms with E-state index in [0.717, 1.165) is 56.3 Å². The monoisotopic (exact) mass is 1060 g/mol. The van der Waals surface area contributed by atoms with E-state index in [1.165, 1.54) is 212 Å². The van der Waals surface area contributed by atoms with E-state index < -0.39 is 17.9 Å². The molecule has 0 spiro atoms. The largest absolute Gasteiger partial charge is 3.00 e. The zero-order valence-corrected chi connectivity index (χ0v) is 45.3. The molecule has 61 heavy (non-hydrogen) atoms. The van der Waals surface area contributed by atoms with Crippen LogP contribution in [0.1, 0.15) is 311 Å². The summed E-state index contributed by atoms with van der Waals surface area (Å²) in [5, 5.41) is 30.7. The number of carboxylic acid groups (broad SMARTS) is 3. The molecule has 0 N–H and O–H groups in total. The molecule has 0 rings (SSSR count). The van der Waals surface area contributed by atoms with Gasteiger partial charge in [-0.3, -0.25) is 0 Å². The van der Waals surface area contributed by atoms with E-state index in [1.807, 2.05) is 0 Å². The fourth-order valence-electron chi connectivity index (χ4n) is 7.77. The van der Waals surface area contributed by atoms with Gasteiger partial charge in [0.1, 0.15) is 0 Å². The van der Waals surface area contributed by atoms with E-state index in [4.69, 9.17) is 0 Å². The van der Waals surface area contributed by atoms with E-state index >= 15 is 0 Å². The van der Waals surface area contributed by atoms with Crippen molar-refractivity contribution in [3.8, 4) is 0 Å². The van der Waals surface area contributed by atoms with E-state index in [9.17, 15) is 29.7 Å². The van der Waals surface area contributed by atoms with Gasteiger partial charge in [0.25, 0.3) is 0 Å². The number of carboxylic acids is 3. The summed E-state index contributed by atoms with van der Waals surface area (Å²) in [4.78, 5) is 30.7. The van der Waals surface area contributed by atoms with Gasteiger partial charge in [-0.1, -0.05) is 273 Å². The number of unbranched alkanes of at least 4 members (excludes halogenated alkanes) is 33. The zero-order chi connectivity index (χ0) is 45.2. The van der Waals surface area contributed by atoms with Gasteiger partial charge in [0.15, 0.2) is 0 Å². The van der Waals surface area contributed by atoms with E-state index in [1.54, 1.807) is 0 Å². The fourth-order valence-corrected chi connectivity index (χ4v) is 7.77. The molecule has 0 amide bonds. The van der Waals surface area contributed by atoms with Crippen LogP contribution in [0.2, 0.25) is 0 Å². The van der Waals surface area contributed by atoms with E-state index in [-0.39, 0.29) is 45.5 Å². The number of hydrogen-bond acceptors (Lipinski definition) is 6. The predicted octanol–water partition coefficient (Wildman–Crippen LogP) is 14.2. The summed E-state index contributed by atoms with van der Waals surface area (Å²) in [5.74, 6) is -0.125. The van der Waals surface area contributed by atoms with E-state index in [0.29, 0.717) is 0 Å². The molecule has 0 saturated heterocycles. The van der Waals surface area contributed by atoms with E-state index in [2.05, 4.69) is 41.5 Å². The van der Waals surface area contributed by atoms with Crippen molar-refractivity contribution in [2.24, 2.45) is 17.8 Å². The second-order valence-electron chi connectivity index (χ2n) is 19.6. The minimum atomic E-state index is -0.904. The van der Waals surface area contributed by atoms with Gasteiger partial charge >= 0.3 is 26.2 Å². The van der Waals surface area contributed by atoms with Crippen molar-refractivity contribution >= 4 is 44.1 Å². The normalized spacial score (nSPS) is 11.0. The molecule has 0 bridgehead atoms. The Bertz CT molecular complexity index is 751. The summed E-state index contributed by atoms with van der Waals surface area (Å²) in [5.41, 5.74) is 0. The Morgan fingerprint density at radius 1 is 0.246 bits per heavy atom. The standard InChI is InChI=1S/3C18H36O2.Bi/c3*1-17(2)15-13-11-9-7-5-3-4-6-8-10-12-14-16-18(19)20;/h3*17H,3-16H2,1-2H3,(H,19,20);/q;;;+3/p-3. The molecule has 2 radical (unpaired) electrons. The molecule has 0 aromatic heterocycles. The van der Waals surface area contributed by atoms with Crippen LogP contribution >= 0.6 is 0 Å². The Morgan fingerprint density at radius 3 is 0.475 bits per heavy atom. The van der Waals surface area contributed by atoms with Crippen molar-refractivity contribution in [2.45, 2.75) is 311 Å². The molecule has 0 aromatic carbocycles. The minimum Gasteiger partial charge on any atom is -0.550 e. The fraction of sp³-hybridized carbons (Fsp3) is 0.944. The van der Waals surface area contributed by atoms with Gasteiger partial charge in [-0.25, -0.2) is 0 Å². The second-order valence-corrected chi connectivity index (χ2v) is 19.6. The Kier molecular flexibility index (Phi) is 62.8. The molecule has 0 atom stereocenters. The first-order chi connectivity index (χ1) is 28.9. The molecule has 0 heterocycles. The SMILES string of the molecule is CC(C)CCCCCCCCCCCCCCC(=O)[O-].CC(C)CCCCCCCCCCCCCCC(=O)[O-].CC(C)CCCCCCCCCCCCCCC(=O)[O-].[Bi+3]. The van der Waals surface area contributed by atoms with Gasteiger partial charge in [-0.05, 0) is 56.3 Å². The van der Waals surface area contributed by atoms with Crippen molar-refractivity contribution in [1.29, 1.82) is 0 Å². The van der Waals surface area contributed by atoms with Crippen molar-refractivity contribution in [3.63, 3.8) is 0 Å². The van der Waals surface area contributed by atoms with Crippen molar-refractivity contribution < 1.29 is 29.7 Å². The third-order valence-corrected chi connectivity index (χ3v) is 11.7. The van der Waals surface area contributed by atoms with Gasteiger partial charge in [0.2, 0.25) is 0 Å². The molecule has 0 aliphatic carbocycles. The smallest absolute Gasteiger partial charge is 0.550 e. The molecule has 0 aliphatic rings. The maximum Gasteiger partial charge on any atom is 3.00 e. The summed E-state index contributed by atoms with van der Waals surface area (Å²) in [6.07, 6.45) is 51.0. The summed E-state index contributed by atoms with van der Waals surface area (Å²) in [7, 11) is 0. The number of hydrogen-bond donors (Lipinski definition) is 0. The summed E-state index contributed by atoms with van der Waals surface area (Å²) < 4.78 is 0. The number of carbonyl (C=O) groups is 3. The molecule has 0 aliphatic heterocycles. The minimum absolute atomic E-state index is 0. The molecule has 362 valence electrons. The Morgan fingerprint density at radius 2 is 0.361 bits per heavy atom. The zero-order valence-electron chi connectivity index (χ0n) is 41.8. The van der Waals surface area contributed by atoms with Gasteiger partial charge < -0.3 is 29.7 Å². The van der Waals surface area contributed by atoms with Crippen LogP contribution in [0.25, 0.3) is 0 Å². The van der Waals surface area contributed by atoms with Gasteiger partial charge in [0.05, 0.1) is 0 Å². The third kappa shape index (κ3) is 76.9. The maximum atomic E-state index is 10.2. The summed E-state index contributed by atoms with van der Waals surface area (Å²) >= 11 is 0. The van der Waals surface area contributed by atoms with Crippen molar-refractivity contribution in [2.75, 3.05) is 0 Å². The van der Waals surface area contributed by atoms with Crippen LogP contribution in [0.4, 0.5) is 0 Å². The second kappa shape index (κ2) is 57.3. The van der Waals surface area contributed by atoms with Crippen LogP contribution in [-0.2, 0) is 14.4 Å². The Labute approximate surface area is 400 Å². The Balaban J connectivity index is -0.000000396. The topological polar surface area (TPSA) is 120 Å². The third-order valence-electron chi connectivity index (χ3n) is 11.7. The summed E-state index contributed by atoms with van der Waals surface area (Å²) in [6.45, 7) is 13.8. The predicted molar refractivity (Wildman–Crippen MR) is 259 cm³/mol. The van der Waals surface area contributed by atoms with Crippen LogP contribution in [-0.4, -0.2) is 44.1 Å². The number of rotatable bonds is 45. The molecular weight excluding hydrogens is 954 g/mol. The average Bonchev–Trinajstić information content (AvgIpc) is 3.18. The first-order valence-corrected chi connectivity index (χ1v) is 26.5. The van der Waals surface area contributed by atoms with Crippen LogP contribution in [0.15, 0.2) is 0 Å².